The van der Waals surface area contributed by atoms with Crippen LogP contribution in [-0.2, 0) is 6.54 Å². The Balaban J connectivity index is 1.84. The number of carbonyl (C=O) groups is 2. The van der Waals surface area contributed by atoms with E-state index in [1.807, 2.05) is 12.1 Å². The molecular formula is C19H13ClN2O2. The summed E-state index contributed by atoms with van der Waals surface area (Å²) in [6, 6.07) is 14.3. The quantitative estimate of drug-likeness (QED) is 0.561. The molecule has 0 unspecified atom stereocenters. The molecule has 0 saturated carbocycles. The van der Waals surface area contributed by atoms with Crippen LogP contribution in [0.25, 0.3) is 0 Å². The second-order valence-electron chi connectivity index (χ2n) is 5.77. The number of carbonyl (C=O) groups excluding carboxylic acids is 2. The molecule has 1 aliphatic carbocycles. The number of imidazole rings is 1. The number of fused-ring (bicyclic) bond motifs is 2. The zero-order chi connectivity index (χ0) is 16.8. The second-order valence-corrected chi connectivity index (χ2v) is 6.21. The minimum atomic E-state index is -0.196. The Morgan fingerprint density at radius 3 is 2.25 bits per heavy atom. The van der Waals surface area contributed by atoms with Crippen LogP contribution in [-0.4, -0.2) is 21.1 Å². The van der Waals surface area contributed by atoms with E-state index in [-0.39, 0.29) is 17.3 Å². The number of rotatable bonds is 2. The molecule has 3 aromatic rings. The van der Waals surface area contributed by atoms with Crippen LogP contribution >= 0.6 is 11.6 Å². The summed E-state index contributed by atoms with van der Waals surface area (Å²) in [6.45, 7) is 2.27. The lowest BCUT2D eigenvalue weighted by atomic mass is 9.90. The Labute approximate surface area is 143 Å². The van der Waals surface area contributed by atoms with Gasteiger partial charge < -0.3 is 4.57 Å². The predicted octanol–water partition coefficient (Wildman–Crippen LogP) is 3.67. The Bertz CT molecular complexity index is 987. The van der Waals surface area contributed by atoms with Gasteiger partial charge in [-0.2, -0.15) is 0 Å². The summed E-state index contributed by atoms with van der Waals surface area (Å²) in [7, 11) is 0. The summed E-state index contributed by atoms with van der Waals surface area (Å²) in [4.78, 5) is 29.9. The molecule has 1 aliphatic rings. The van der Waals surface area contributed by atoms with E-state index in [0.29, 0.717) is 34.2 Å². The monoisotopic (exact) mass is 336 g/mol. The Kier molecular flexibility index (Phi) is 3.36. The fraction of sp³-hybridized carbons (Fsp3) is 0.105. The van der Waals surface area contributed by atoms with Crippen LogP contribution in [0.5, 0.6) is 0 Å². The average molecular weight is 337 g/mol. The molecule has 118 valence electrons. The van der Waals surface area contributed by atoms with Crippen molar-refractivity contribution in [3.05, 3.63) is 87.5 Å². The van der Waals surface area contributed by atoms with Gasteiger partial charge in [-0.15, -0.1) is 0 Å². The third-order valence-electron chi connectivity index (χ3n) is 4.26. The number of hydrogen-bond donors (Lipinski definition) is 0. The molecular weight excluding hydrogens is 324 g/mol. The van der Waals surface area contributed by atoms with Crippen molar-refractivity contribution in [2.75, 3.05) is 0 Å². The van der Waals surface area contributed by atoms with Gasteiger partial charge in [-0.3, -0.25) is 9.59 Å². The van der Waals surface area contributed by atoms with Gasteiger partial charge in [0.25, 0.3) is 0 Å². The molecule has 0 fully saturated rings. The molecule has 5 heteroatoms. The normalized spacial score (nSPS) is 12.9. The largest absolute Gasteiger partial charge is 0.320 e. The lowest BCUT2D eigenvalue weighted by Crippen LogP contribution is -2.23. The second kappa shape index (κ2) is 5.42. The molecule has 1 heterocycles. The van der Waals surface area contributed by atoms with Gasteiger partial charge in [0, 0.05) is 22.7 Å². The molecule has 0 bridgehead atoms. The molecule has 0 N–H and O–H groups in total. The molecule has 0 spiro atoms. The van der Waals surface area contributed by atoms with Crippen LogP contribution in [0.3, 0.4) is 0 Å². The Hall–Kier alpha value is -2.72. The maximum Gasteiger partial charge on any atom is 0.214 e. The van der Waals surface area contributed by atoms with E-state index in [0.717, 1.165) is 5.56 Å². The minimum absolute atomic E-state index is 0.158. The molecule has 0 saturated heterocycles. The first-order valence-electron chi connectivity index (χ1n) is 7.56. The third-order valence-corrected chi connectivity index (χ3v) is 4.51. The van der Waals surface area contributed by atoms with Gasteiger partial charge >= 0.3 is 0 Å². The van der Waals surface area contributed by atoms with Gasteiger partial charge in [0.1, 0.15) is 17.2 Å². The van der Waals surface area contributed by atoms with E-state index in [2.05, 4.69) is 4.98 Å². The highest BCUT2D eigenvalue weighted by Crippen LogP contribution is 2.28. The van der Waals surface area contributed by atoms with Crippen molar-refractivity contribution in [2.24, 2.45) is 0 Å². The first kappa shape index (κ1) is 14.8. The minimum Gasteiger partial charge on any atom is -0.320 e. The van der Waals surface area contributed by atoms with Crippen molar-refractivity contribution in [1.29, 1.82) is 0 Å². The zero-order valence-corrected chi connectivity index (χ0v) is 13.7. The lowest BCUT2D eigenvalue weighted by molar-refractivity contribution is 0.0971. The number of aryl methyl sites for hydroxylation is 1. The van der Waals surface area contributed by atoms with E-state index >= 15 is 0 Å². The number of hydrogen-bond acceptors (Lipinski definition) is 3. The maximum atomic E-state index is 12.9. The van der Waals surface area contributed by atoms with Crippen molar-refractivity contribution < 1.29 is 9.59 Å². The lowest BCUT2D eigenvalue weighted by Gasteiger charge is -2.16. The van der Waals surface area contributed by atoms with Crippen molar-refractivity contribution in [3.63, 3.8) is 0 Å². The van der Waals surface area contributed by atoms with Crippen molar-refractivity contribution >= 4 is 23.2 Å². The smallest absolute Gasteiger partial charge is 0.214 e. The molecule has 0 amide bonds. The fourth-order valence-corrected chi connectivity index (χ4v) is 3.18. The van der Waals surface area contributed by atoms with Crippen molar-refractivity contribution in [2.45, 2.75) is 13.5 Å². The molecule has 1 aromatic heterocycles. The SMILES string of the molecule is Cc1nc2c(n1Cc1ccc(Cl)cc1)C(=O)c1ccccc1C2=O. The summed E-state index contributed by atoms with van der Waals surface area (Å²) in [5.41, 5.74) is 2.46. The van der Waals surface area contributed by atoms with E-state index in [1.165, 1.54) is 0 Å². The van der Waals surface area contributed by atoms with Gasteiger partial charge in [-0.25, -0.2) is 4.98 Å². The Morgan fingerprint density at radius 1 is 0.958 bits per heavy atom. The third kappa shape index (κ3) is 2.19. The van der Waals surface area contributed by atoms with Crippen molar-refractivity contribution in [3.8, 4) is 0 Å². The van der Waals surface area contributed by atoms with Crippen LogP contribution in [0, 0.1) is 6.92 Å². The first-order valence-corrected chi connectivity index (χ1v) is 7.94. The number of halogens is 1. The van der Waals surface area contributed by atoms with E-state index in [1.54, 1.807) is 47.9 Å². The van der Waals surface area contributed by atoms with Gasteiger partial charge in [0.15, 0.2) is 0 Å². The number of ketones is 2. The number of aromatic nitrogens is 2. The summed E-state index contributed by atoms with van der Waals surface area (Å²) in [5.74, 6) is 0.289. The van der Waals surface area contributed by atoms with E-state index in [9.17, 15) is 9.59 Å². The summed E-state index contributed by atoms with van der Waals surface area (Å²) in [5, 5.41) is 0.656. The average Bonchev–Trinajstić information content (AvgIpc) is 2.92. The zero-order valence-electron chi connectivity index (χ0n) is 12.9. The fourth-order valence-electron chi connectivity index (χ4n) is 3.05. The molecule has 0 atom stereocenters. The maximum absolute atomic E-state index is 12.9. The summed E-state index contributed by atoms with van der Waals surface area (Å²) >= 11 is 5.92. The highest BCUT2D eigenvalue weighted by Gasteiger charge is 2.34. The van der Waals surface area contributed by atoms with Crippen LogP contribution in [0.1, 0.15) is 43.5 Å². The van der Waals surface area contributed by atoms with Crippen molar-refractivity contribution in [1.82, 2.24) is 9.55 Å². The van der Waals surface area contributed by atoms with E-state index in [4.69, 9.17) is 11.6 Å². The van der Waals surface area contributed by atoms with E-state index < -0.39 is 0 Å². The van der Waals surface area contributed by atoms with Gasteiger partial charge in [0.2, 0.25) is 11.6 Å². The van der Waals surface area contributed by atoms with Gasteiger partial charge in [-0.05, 0) is 24.6 Å². The standard InChI is InChI=1S/C19H13ClN2O2/c1-11-21-16-17(22(11)10-12-6-8-13(20)9-7-12)19(24)15-5-3-2-4-14(15)18(16)23/h2-9H,10H2,1H3. The number of benzene rings is 2. The summed E-state index contributed by atoms with van der Waals surface area (Å²) < 4.78 is 1.80. The van der Waals surface area contributed by atoms with Crippen LogP contribution in [0.4, 0.5) is 0 Å². The summed E-state index contributed by atoms with van der Waals surface area (Å²) in [6.07, 6.45) is 0. The van der Waals surface area contributed by atoms with Gasteiger partial charge in [-0.1, -0.05) is 48.0 Å². The Morgan fingerprint density at radius 2 is 1.58 bits per heavy atom. The predicted molar refractivity (Wildman–Crippen MR) is 90.8 cm³/mol. The molecule has 2 aromatic carbocycles. The molecule has 24 heavy (non-hydrogen) atoms. The van der Waals surface area contributed by atoms with Crippen LogP contribution in [0.15, 0.2) is 48.5 Å². The molecule has 4 nitrogen and oxygen atoms in total. The molecule has 0 aliphatic heterocycles. The molecule has 4 rings (SSSR count). The van der Waals surface area contributed by atoms with Gasteiger partial charge in [0.05, 0.1) is 0 Å². The molecule has 0 radical (unpaired) electrons. The topological polar surface area (TPSA) is 52.0 Å². The first-order chi connectivity index (χ1) is 11.6. The number of nitrogens with zero attached hydrogens (tertiary/aromatic N) is 2. The highest BCUT2D eigenvalue weighted by molar-refractivity contribution is 6.30. The van der Waals surface area contributed by atoms with Crippen LogP contribution in [0.2, 0.25) is 5.02 Å². The van der Waals surface area contributed by atoms with Crippen LogP contribution < -0.4 is 0 Å². The highest BCUT2D eigenvalue weighted by atomic mass is 35.5.